The standard InChI is InChI=1S/C62H72FN11O5/c1-38(2)72-37-64-52-34-51(67-57(56(52)72)66-50-9-5-4-8-49(50)63)43-14-17-48-54(31-43)74(46-32-45(33-46)69-24-6-3-7-25-69)61(79)62(48)22-28-71(29-23-62)60(78)41-20-26-70(27-21-41)59(77)40-12-10-39(11-13-40)36-73-53-18-15-42(30-44(53)35-65-73)47-16-19-55(75)68-58(47)76/h4-5,8-9,14-15,17-18,30-31,34-35,37-41,45-47H,3,6-7,10-13,16,19-29,32-33,36H2,1-2H3,(H,66,67)(H,68,75,76)/t39?,40?,45?,46?,47-/m1/s1. The van der Waals surface area contributed by atoms with Gasteiger partial charge in [-0.25, -0.2) is 14.4 Å². The number of carbonyl (C=O) groups excluding carboxylic acids is 5. The van der Waals surface area contributed by atoms with Crippen molar-refractivity contribution in [3.05, 3.63) is 96.2 Å². The van der Waals surface area contributed by atoms with Crippen molar-refractivity contribution in [3.63, 3.8) is 0 Å². The van der Waals surface area contributed by atoms with E-state index in [4.69, 9.17) is 15.1 Å². The lowest BCUT2D eigenvalue weighted by Gasteiger charge is -2.48. The fourth-order valence-electron chi connectivity index (χ4n) is 14.6. The number of likely N-dealkylation sites (tertiary alicyclic amines) is 3. The average molecular weight is 1070 g/mol. The number of amides is 5. The lowest BCUT2D eigenvalue weighted by atomic mass is 9.73. The molecule has 0 unspecified atom stereocenters. The molecule has 4 saturated heterocycles. The van der Waals surface area contributed by atoms with Gasteiger partial charge >= 0.3 is 0 Å². The second-order valence-corrected chi connectivity index (χ2v) is 24.2. The number of carbonyl (C=O) groups is 5. The predicted octanol–water partition coefficient (Wildman–Crippen LogP) is 9.40. The van der Waals surface area contributed by atoms with Gasteiger partial charge in [-0.05, 0) is 164 Å². The van der Waals surface area contributed by atoms with Gasteiger partial charge in [0.25, 0.3) is 0 Å². The van der Waals surface area contributed by atoms with Crippen LogP contribution in [0.2, 0.25) is 0 Å². The zero-order valence-electron chi connectivity index (χ0n) is 45.5. The van der Waals surface area contributed by atoms with Crippen LogP contribution in [0.1, 0.15) is 133 Å². The van der Waals surface area contributed by atoms with Crippen molar-refractivity contribution in [2.75, 3.05) is 49.5 Å². The number of anilines is 3. The van der Waals surface area contributed by atoms with Gasteiger partial charge in [0.2, 0.25) is 29.5 Å². The second kappa shape index (κ2) is 20.9. The molecule has 3 aromatic carbocycles. The second-order valence-electron chi connectivity index (χ2n) is 24.2. The van der Waals surface area contributed by atoms with Gasteiger partial charge in [0.05, 0.1) is 46.3 Å². The highest BCUT2D eigenvalue weighted by molar-refractivity contribution is 6.10. The molecular weight excluding hydrogens is 998 g/mol. The van der Waals surface area contributed by atoms with Gasteiger partial charge < -0.3 is 29.5 Å². The Hall–Kier alpha value is -7.01. The summed E-state index contributed by atoms with van der Waals surface area (Å²) >= 11 is 0. The Kier molecular flexibility index (Phi) is 13.6. The number of rotatable bonds is 11. The summed E-state index contributed by atoms with van der Waals surface area (Å²) < 4.78 is 19.2. The first kappa shape index (κ1) is 51.4. The molecule has 1 atom stereocenters. The van der Waals surface area contributed by atoms with E-state index in [2.05, 4.69) is 52.5 Å². The van der Waals surface area contributed by atoms with Crippen molar-refractivity contribution in [2.45, 2.75) is 146 Å². The highest BCUT2D eigenvalue weighted by Crippen LogP contribution is 2.52. The number of para-hydroxylation sites is 1. The van der Waals surface area contributed by atoms with Gasteiger partial charge in [-0.15, -0.1) is 0 Å². The minimum Gasteiger partial charge on any atom is -0.342 e. The molecule has 79 heavy (non-hydrogen) atoms. The van der Waals surface area contributed by atoms with Crippen molar-refractivity contribution >= 4 is 68.7 Å². The Morgan fingerprint density at radius 3 is 2.27 bits per heavy atom. The van der Waals surface area contributed by atoms with Gasteiger partial charge in [0, 0.05) is 85.7 Å². The summed E-state index contributed by atoms with van der Waals surface area (Å²) in [5, 5.41) is 11.4. The predicted molar refractivity (Wildman–Crippen MR) is 300 cm³/mol. The maximum absolute atomic E-state index is 15.3. The van der Waals surface area contributed by atoms with Crippen LogP contribution in [0.15, 0.2) is 79.3 Å². The van der Waals surface area contributed by atoms with Gasteiger partial charge in [0.15, 0.2) is 5.82 Å². The van der Waals surface area contributed by atoms with Crippen LogP contribution in [0.25, 0.3) is 33.2 Å². The van der Waals surface area contributed by atoms with Gasteiger partial charge in [-0.1, -0.05) is 36.8 Å². The van der Waals surface area contributed by atoms with E-state index in [-0.39, 0.29) is 65.2 Å². The molecule has 6 fully saturated rings. The highest BCUT2D eigenvalue weighted by Gasteiger charge is 2.56. The molecule has 8 heterocycles. The average Bonchev–Trinajstić information content (AvgIpc) is 4.32. The van der Waals surface area contributed by atoms with Crippen molar-refractivity contribution in [1.82, 2.24) is 44.3 Å². The Balaban J connectivity index is 0.658. The first-order valence-corrected chi connectivity index (χ1v) is 29.4. The Morgan fingerprint density at radius 1 is 0.797 bits per heavy atom. The van der Waals surface area contributed by atoms with E-state index >= 15 is 9.18 Å². The SMILES string of the molecule is CC(C)n1cnc2cc(-c3ccc4c(c3)N(C3CC(N5CCCCC5)C3)C(=O)C43CCN(C(=O)C4CCN(C(=O)C5CCC(Cn6ncc7cc([C@H]8CCC(=O)NC8=O)ccc76)CC5)CC4)CC3)nc(Nc3ccccc3F)c21. The molecule has 2 N–H and O–H groups in total. The Bertz CT molecular complexity index is 3350. The number of piperidine rings is 4. The number of hydrogen-bond acceptors (Lipinski definition) is 10. The van der Waals surface area contributed by atoms with Gasteiger partial charge in [-0.3, -0.25) is 34.0 Å². The molecular formula is C62H72FN11O5. The van der Waals surface area contributed by atoms with E-state index in [0.29, 0.717) is 93.9 Å². The fraction of sp³-hybridized carbons (Fsp3) is 0.516. The summed E-state index contributed by atoms with van der Waals surface area (Å²) in [7, 11) is 0. The normalized spacial score (nSPS) is 24.8. The van der Waals surface area contributed by atoms with E-state index < -0.39 is 5.41 Å². The Labute approximate surface area is 460 Å². The van der Waals surface area contributed by atoms with Crippen molar-refractivity contribution in [1.29, 1.82) is 0 Å². The largest absolute Gasteiger partial charge is 0.342 e. The van der Waals surface area contributed by atoms with E-state index in [9.17, 15) is 19.2 Å². The van der Waals surface area contributed by atoms with Crippen molar-refractivity contribution in [3.8, 4) is 11.3 Å². The number of benzene rings is 3. The molecule has 7 aliphatic rings. The molecule has 5 amide bonds. The van der Waals surface area contributed by atoms with Gasteiger partial charge in [0.1, 0.15) is 11.3 Å². The molecule has 16 nitrogen and oxygen atoms in total. The summed E-state index contributed by atoms with van der Waals surface area (Å²) in [5.41, 5.74) is 6.53. The third-order valence-corrected chi connectivity index (χ3v) is 19.3. The van der Waals surface area contributed by atoms with Crippen LogP contribution < -0.4 is 15.5 Å². The van der Waals surface area contributed by atoms with E-state index in [0.717, 1.165) is 102 Å². The molecule has 6 aromatic rings. The lowest BCUT2D eigenvalue weighted by molar-refractivity contribution is -0.144. The molecule has 17 heteroatoms. The number of hydrogen-bond donors (Lipinski definition) is 2. The zero-order chi connectivity index (χ0) is 54.1. The first-order chi connectivity index (χ1) is 38.4. The fourth-order valence-corrected chi connectivity index (χ4v) is 14.6. The molecule has 3 aromatic heterocycles. The molecule has 5 aliphatic heterocycles. The molecule has 2 saturated carbocycles. The number of imidazole rings is 1. The number of imide groups is 1. The smallest absolute Gasteiger partial charge is 0.238 e. The number of fused-ring (bicyclic) bond motifs is 4. The number of pyridine rings is 1. The third-order valence-electron chi connectivity index (χ3n) is 19.3. The minimum atomic E-state index is -0.740. The van der Waals surface area contributed by atoms with E-state index in [1.54, 1.807) is 18.2 Å². The van der Waals surface area contributed by atoms with Crippen LogP contribution in [0.5, 0.6) is 0 Å². The number of halogens is 1. The number of nitrogens with zero attached hydrogens (tertiary/aromatic N) is 9. The molecule has 0 bridgehead atoms. The van der Waals surface area contributed by atoms with Crippen molar-refractivity contribution < 1.29 is 28.4 Å². The maximum atomic E-state index is 15.3. The monoisotopic (exact) mass is 1070 g/mol. The quantitative estimate of drug-likeness (QED) is 0.119. The number of aromatic nitrogens is 5. The first-order valence-electron chi connectivity index (χ1n) is 29.4. The molecule has 1 spiro atoms. The van der Waals surface area contributed by atoms with E-state index in [1.807, 2.05) is 55.8 Å². The summed E-state index contributed by atoms with van der Waals surface area (Å²) in [4.78, 5) is 86.6. The van der Waals surface area contributed by atoms with Crippen LogP contribution in [-0.4, -0.2) is 120 Å². The van der Waals surface area contributed by atoms with Crippen LogP contribution in [0.4, 0.5) is 21.6 Å². The van der Waals surface area contributed by atoms with E-state index in [1.165, 1.54) is 25.3 Å². The third kappa shape index (κ3) is 9.46. The molecule has 2 aliphatic carbocycles. The van der Waals surface area contributed by atoms with Crippen molar-refractivity contribution in [2.24, 2.45) is 17.8 Å². The summed E-state index contributed by atoms with van der Waals surface area (Å²) in [6.07, 6.45) is 16.1. The van der Waals surface area contributed by atoms with Crippen LogP contribution in [-0.2, 0) is 35.9 Å². The van der Waals surface area contributed by atoms with Crippen LogP contribution in [0, 0.1) is 23.6 Å². The van der Waals surface area contributed by atoms with Gasteiger partial charge in [-0.2, -0.15) is 5.10 Å². The molecule has 412 valence electrons. The summed E-state index contributed by atoms with van der Waals surface area (Å²) in [6.45, 7) is 9.34. The summed E-state index contributed by atoms with van der Waals surface area (Å²) in [5.74, 6) is 0.0843. The molecule has 0 radical (unpaired) electrons. The summed E-state index contributed by atoms with van der Waals surface area (Å²) in [6, 6.07) is 21.6. The number of nitrogens with one attached hydrogen (secondary N) is 2. The van der Waals surface area contributed by atoms with Crippen LogP contribution in [0.3, 0.4) is 0 Å². The topological polar surface area (TPSA) is 171 Å². The highest BCUT2D eigenvalue weighted by atomic mass is 19.1. The molecule has 13 rings (SSSR count). The minimum absolute atomic E-state index is 0.0140. The van der Waals surface area contributed by atoms with Crippen LogP contribution >= 0.6 is 0 Å². The lowest BCUT2D eigenvalue weighted by Crippen LogP contribution is -2.58. The maximum Gasteiger partial charge on any atom is 0.238 e. The Morgan fingerprint density at radius 2 is 1.53 bits per heavy atom. The zero-order valence-corrected chi connectivity index (χ0v) is 45.5.